The van der Waals surface area contributed by atoms with Crippen LogP contribution in [0.15, 0.2) is 78.9 Å². The maximum absolute atomic E-state index is 12.7. The number of rotatable bonds is 4. The topological polar surface area (TPSA) is 35.5 Å². The van der Waals surface area contributed by atoms with Gasteiger partial charge in [-0.05, 0) is 29.3 Å². The van der Waals surface area contributed by atoms with Crippen LogP contribution in [-0.2, 0) is 0 Å². The van der Waals surface area contributed by atoms with Crippen LogP contribution < -0.4 is 9.47 Å². The third-order valence-corrected chi connectivity index (χ3v) is 3.49. The van der Waals surface area contributed by atoms with Gasteiger partial charge in [-0.15, -0.1) is 0 Å². The van der Waals surface area contributed by atoms with Crippen molar-refractivity contribution in [2.24, 2.45) is 0 Å². The molecule has 3 heteroatoms. The van der Waals surface area contributed by atoms with Gasteiger partial charge in [-0.1, -0.05) is 60.7 Å². The molecule has 0 aromatic heterocycles. The lowest BCUT2D eigenvalue weighted by Crippen LogP contribution is -2.11. The Morgan fingerprint density at radius 3 is 2.09 bits per heavy atom. The number of methoxy groups -OCH3 is 1. The van der Waals surface area contributed by atoms with Crippen molar-refractivity contribution in [2.75, 3.05) is 7.11 Å². The predicted octanol–water partition coefficient (Wildman–Crippen LogP) is 4.58. The maximum Gasteiger partial charge on any atom is 0.347 e. The quantitative estimate of drug-likeness (QED) is 0.523. The molecule has 114 valence electrons. The summed E-state index contributed by atoms with van der Waals surface area (Å²) in [6.45, 7) is 0. The summed E-state index contributed by atoms with van der Waals surface area (Å²) in [5.74, 6) is 0.558. The minimum Gasteiger partial charge on any atom is -0.496 e. The van der Waals surface area contributed by atoms with Crippen LogP contribution in [0.5, 0.6) is 11.5 Å². The number of para-hydroxylation sites is 1. The molecule has 0 saturated heterocycles. The minimum atomic E-state index is -0.437. The van der Waals surface area contributed by atoms with E-state index >= 15 is 0 Å². The molecule has 0 atom stereocenters. The lowest BCUT2D eigenvalue weighted by Gasteiger charge is -2.13. The Kier molecular flexibility index (Phi) is 4.39. The second-order valence-corrected chi connectivity index (χ2v) is 4.95. The smallest absolute Gasteiger partial charge is 0.347 e. The highest BCUT2D eigenvalue weighted by Gasteiger charge is 2.20. The summed E-state index contributed by atoms with van der Waals surface area (Å²) in [5.41, 5.74) is 2.14. The second kappa shape index (κ2) is 6.79. The zero-order chi connectivity index (χ0) is 16.1. The fourth-order valence-corrected chi connectivity index (χ4v) is 2.42. The van der Waals surface area contributed by atoms with Gasteiger partial charge in [-0.3, -0.25) is 0 Å². The summed E-state index contributed by atoms with van der Waals surface area (Å²) >= 11 is 0. The second-order valence-electron chi connectivity index (χ2n) is 4.95. The van der Waals surface area contributed by atoms with Crippen molar-refractivity contribution in [3.63, 3.8) is 0 Å². The molecule has 3 aromatic rings. The van der Waals surface area contributed by atoms with E-state index in [1.165, 1.54) is 0 Å². The van der Waals surface area contributed by atoms with Gasteiger partial charge >= 0.3 is 5.97 Å². The third kappa shape index (κ3) is 3.24. The van der Waals surface area contributed by atoms with Crippen molar-refractivity contribution in [1.29, 1.82) is 0 Å². The first kappa shape index (κ1) is 14.9. The minimum absolute atomic E-state index is 0.421. The van der Waals surface area contributed by atoms with Gasteiger partial charge in [0.05, 0.1) is 7.11 Å². The van der Waals surface area contributed by atoms with Crippen LogP contribution >= 0.6 is 0 Å². The zero-order valence-electron chi connectivity index (χ0n) is 12.7. The Hall–Kier alpha value is -3.07. The van der Waals surface area contributed by atoms with Crippen LogP contribution in [-0.4, -0.2) is 13.1 Å². The van der Waals surface area contributed by atoms with Gasteiger partial charge in [0, 0.05) is 0 Å². The zero-order valence-corrected chi connectivity index (χ0v) is 12.7. The fourth-order valence-electron chi connectivity index (χ4n) is 2.42. The van der Waals surface area contributed by atoms with Crippen LogP contribution in [0.4, 0.5) is 0 Å². The Morgan fingerprint density at radius 2 is 1.43 bits per heavy atom. The van der Waals surface area contributed by atoms with Gasteiger partial charge in [-0.25, -0.2) is 4.79 Å². The van der Waals surface area contributed by atoms with Crippen molar-refractivity contribution in [1.82, 2.24) is 0 Å². The van der Waals surface area contributed by atoms with Crippen LogP contribution in [0.25, 0.3) is 11.1 Å². The molecule has 0 aliphatic carbocycles. The number of carbonyl (C=O) groups excluding carboxylic acids is 1. The molecular weight excluding hydrogens is 288 g/mol. The van der Waals surface area contributed by atoms with Gasteiger partial charge in [0.1, 0.15) is 17.1 Å². The molecule has 0 aliphatic heterocycles. The highest BCUT2D eigenvalue weighted by atomic mass is 16.5. The summed E-state index contributed by atoms with van der Waals surface area (Å²) < 4.78 is 10.9. The first-order chi connectivity index (χ1) is 11.3. The van der Waals surface area contributed by atoms with E-state index in [1.807, 2.05) is 60.7 Å². The molecule has 23 heavy (non-hydrogen) atoms. The maximum atomic E-state index is 12.7. The molecule has 0 saturated carbocycles. The number of ether oxygens (including phenoxy) is 2. The third-order valence-electron chi connectivity index (χ3n) is 3.49. The first-order valence-corrected chi connectivity index (χ1v) is 7.29. The van der Waals surface area contributed by atoms with Crippen molar-refractivity contribution in [3.8, 4) is 22.6 Å². The summed E-state index contributed by atoms with van der Waals surface area (Å²) in [6.07, 6.45) is 0. The Labute approximate surface area is 135 Å². The molecular formula is C20H16O3. The number of carbonyl (C=O) groups is 1. The lowest BCUT2D eigenvalue weighted by atomic mass is 9.99. The molecule has 0 fully saturated rings. The summed E-state index contributed by atoms with van der Waals surface area (Å²) in [6, 6.07) is 24.2. The van der Waals surface area contributed by atoms with Crippen molar-refractivity contribution in [2.45, 2.75) is 0 Å². The largest absolute Gasteiger partial charge is 0.496 e. The average molecular weight is 304 g/mol. The standard InChI is InChI=1S/C20H16O3/c1-22-18-14-8-13-17(15-9-4-2-5-10-15)19(18)20(21)23-16-11-6-3-7-12-16/h2-14H,1H3. The summed E-state index contributed by atoms with van der Waals surface area (Å²) in [7, 11) is 1.55. The van der Waals surface area contributed by atoms with E-state index in [-0.39, 0.29) is 0 Å². The van der Waals surface area contributed by atoms with E-state index in [0.717, 1.165) is 11.1 Å². The Bertz CT molecular complexity index is 796. The van der Waals surface area contributed by atoms with Crippen LogP contribution in [0.2, 0.25) is 0 Å². The van der Waals surface area contributed by atoms with Crippen molar-refractivity contribution >= 4 is 5.97 Å². The van der Waals surface area contributed by atoms with E-state index in [4.69, 9.17) is 9.47 Å². The van der Waals surface area contributed by atoms with Gasteiger partial charge < -0.3 is 9.47 Å². The highest BCUT2D eigenvalue weighted by molar-refractivity contribution is 6.01. The number of hydrogen-bond acceptors (Lipinski definition) is 3. The van der Waals surface area contributed by atoms with Crippen molar-refractivity contribution in [3.05, 3.63) is 84.4 Å². The molecule has 3 aromatic carbocycles. The molecule has 3 nitrogen and oxygen atoms in total. The van der Waals surface area contributed by atoms with Gasteiger partial charge in [0.25, 0.3) is 0 Å². The highest BCUT2D eigenvalue weighted by Crippen LogP contribution is 2.31. The normalized spacial score (nSPS) is 10.1. The SMILES string of the molecule is COc1cccc(-c2ccccc2)c1C(=O)Oc1ccccc1. The van der Waals surface area contributed by atoms with E-state index in [0.29, 0.717) is 17.1 Å². The molecule has 0 bridgehead atoms. The molecule has 3 rings (SSSR count). The van der Waals surface area contributed by atoms with Gasteiger partial charge in [0.15, 0.2) is 0 Å². The number of esters is 1. The van der Waals surface area contributed by atoms with Gasteiger partial charge in [-0.2, -0.15) is 0 Å². The average Bonchev–Trinajstić information content (AvgIpc) is 2.62. The summed E-state index contributed by atoms with van der Waals surface area (Å²) in [4.78, 5) is 12.7. The number of benzene rings is 3. The van der Waals surface area contributed by atoms with E-state index in [2.05, 4.69) is 0 Å². The van der Waals surface area contributed by atoms with Crippen LogP contribution in [0.3, 0.4) is 0 Å². The van der Waals surface area contributed by atoms with Crippen LogP contribution in [0, 0.1) is 0 Å². The molecule has 0 N–H and O–H groups in total. The molecule has 0 unspecified atom stereocenters. The molecule has 0 heterocycles. The predicted molar refractivity (Wildman–Crippen MR) is 89.8 cm³/mol. The molecule has 0 radical (unpaired) electrons. The summed E-state index contributed by atoms with van der Waals surface area (Å²) in [5, 5.41) is 0. The molecule has 0 spiro atoms. The van der Waals surface area contributed by atoms with Gasteiger partial charge in [0.2, 0.25) is 0 Å². The van der Waals surface area contributed by atoms with E-state index in [9.17, 15) is 4.79 Å². The van der Waals surface area contributed by atoms with E-state index in [1.54, 1.807) is 25.3 Å². The van der Waals surface area contributed by atoms with Crippen molar-refractivity contribution < 1.29 is 14.3 Å². The van der Waals surface area contributed by atoms with Crippen LogP contribution in [0.1, 0.15) is 10.4 Å². The van der Waals surface area contributed by atoms with E-state index < -0.39 is 5.97 Å². The Balaban J connectivity index is 2.04. The molecule has 0 amide bonds. The first-order valence-electron chi connectivity index (χ1n) is 7.29. The Morgan fingerprint density at radius 1 is 0.783 bits per heavy atom. The lowest BCUT2D eigenvalue weighted by molar-refractivity contribution is 0.0732. The number of hydrogen-bond donors (Lipinski definition) is 0. The monoisotopic (exact) mass is 304 g/mol. The molecule has 0 aliphatic rings. The fraction of sp³-hybridized carbons (Fsp3) is 0.0500.